The molecule has 0 saturated carbocycles. The summed E-state index contributed by atoms with van der Waals surface area (Å²) in [5, 5.41) is 5.03. The van der Waals surface area contributed by atoms with Gasteiger partial charge in [0.25, 0.3) is 0 Å². The van der Waals surface area contributed by atoms with Crippen LogP contribution in [0.4, 0.5) is 11.4 Å². The number of hydrogen-bond acceptors (Lipinski definition) is 1. The van der Waals surface area contributed by atoms with Crippen molar-refractivity contribution in [3.63, 3.8) is 0 Å². The van der Waals surface area contributed by atoms with Crippen LogP contribution in [-0.2, 0) is 5.41 Å². The number of allylic oxidation sites excluding steroid dienone is 4. The zero-order valence-corrected chi connectivity index (χ0v) is 23.9. The van der Waals surface area contributed by atoms with Crippen LogP contribution < -0.4 is 4.90 Å². The van der Waals surface area contributed by atoms with E-state index in [1.54, 1.807) is 0 Å². The molecule has 0 amide bonds. The average molecular weight is 538 g/mol. The number of nitrogens with zero attached hydrogens (tertiary/aromatic N) is 1. The Morgan fingerprint density at radius 2 is 1.24 bits per heavy atom. The first-order valence-electron chi connectivity index (χ1n) is 14.6. The fourth-order valence-corrected chi connectivity index (χ4v) is 6.93. The Morgan fingerprint density at radius 3 is 2.10 bits per heavy atom. The van der Waals surface area contributed by atoms with E-state index in [1.165, 1.54) is 54.9 Å². The van der Waals surface area contributed by atoms with Crippen molar-refractivity contribution in [2.75, 3.05) is 4.90 Å². The van der Waals surface area contributed by atoms with Gasteiger partial charge in [0.05, 0.1) is 5.69 Å². The first kappa shape index (κ1) is 24.6. The Morgan fingerprint density at radius 1 is 0.571 bits per heavy atom. The van der Waals surface area contributed by atoms with Gasteiger partial charge in [0, 0.05) is 22.9 Å². The summed E-state index contributed by atoms with van der Waals surface area (Å²) in [4.78, 5) is 2.25. The van der Waals surface area contributed by atoms with Crippen molar-refractivity contribution >= 4 is 38.5 Å². The third-order valence-electron chi connectivity index (χ3n) is 9.17. The first-order chi connectivity index (χ1) is 20.5. The predicted octanol–water partition coefficient (Wildman–Crippen LogP) is 11.2. The van der Waals surface area contributed by atoms with Crippen molar-refractivity contribution in [1.82, 2.24) is 0 Å². The van der Waals surface area contributed by atoms with Crippen LogP contribution in [0, 0.1) is 0 Å². The fourth-order valence-electron chi connectivity index (χ4n) is 6.93. The Hall–Kier alpha value is -5.14. The monoisotopic (exact) mass is 537 g/mol. The molecule has 2 aliphatic rings. The molecule has 0 aromatic heterocycles. The van der Waals surface area contributed by atoms with E-state index >= 15 is 0 Å². The van der Waals surface area contributed by atoms with Crippen molar-refractivity contribution in [1.29, 1.82) is 0 Å². The summed E-state index contributed by atoms with van der Waals surface area (Å²) < 4.78 is 0. The van der Waals surface area contributed by atoms with Crippen molar-refractivity contribution in [2.45, 2.75) is 19.3 Å². The van der Waals surface area contributed by atoms with Gasteiger partial charge >= 0.3 is 0 Å². The van der Waals surface area contributed by atoms with Crippen LogP contribution in [0.1, 0.15) is 30.5 Å². The minimum Gasteiger partial charge on any atom is -0.317 e. The maximum atomic E-state index is 4.28. The Bertz CT molecular complexity index is 2140. The van der Waals surface area contributed by atoms with Crippen LogP contribution in [0.5, 0.6) is 0 Å². The molecule has 0 saturated heterocycles. The quantitative estimate of drug-likeness (QED) is 0.199. The maximum Gasteiger partial charge on any atom is 0.0533 e. The summed E-state index contributed by atoms with van der Waals surface area (Å²) in [5.74, 6) is 0. The molecule has 0 bridgehead atoms. The van der Waals surface area contributed by atoms with Crippen molar-refractivity contribution in [3.8, 4) is 22.3 Å². The van der Waals surface area contributed by atoms with Crippen LogP contribution in [0.25, 0.3) is 49.4 Å². The number of anilines is 2. The minimum absolute atomic E-state index is 0.00156. The summed E-state index contributed by atoms with van der Waals surface area (Å²) in [5.41, 5.74) is 12.5. The topological polar surface area (TPSA) is 3.24 Å². The molecule has 42 heavy (non-hydrogen) atoms. The Labute approximate surface area is 247 Å². The van der Waals surface area contributed by atoms with Gasteiger partial charge in [-0.05, 0) is 96.9 Å². The van der Waals surface area contributed by atoms with Gasteiger partial charge in [0.15, 0.2) is 0 Å². The van der Waals surface area contributed by atoms with Gasteiger partial charge in [-0.3, -0.25) is 0 Å². The molecular weight excluding hydrogens is 506 g/mol. The van der Waals surface area contributed by atoms with Crippen LogP contribution in [0.15, 0.2) is 146 Å². The van der Waals surface area contributed by atoms with Gasteiger partial charge in [-0.25, -0.2) is 0 Å². The van der Waals surface area contributed by atoms with Gasteiger partial charge in [0.2, 0.25) is 0 Å². The van der Waals surface area contributed by atoms with Crippen molar-refractivity contribution in [2.24, 2.45) is 0 Å². The summed E-state index contributed by atoms with van der Waals surface area (Å²) in [6.07, 6.45) is 8.33. The molecule has 0 unspecified atom stereocenters. The van der Waals surface area contributed by atoms with E-state index in [4.69, 9.17) is 0 Å². The van der Waals surface area contributed by atoms with Gasteiger partial charge < -0.3 is 4.90 Å². The number of benzene rings is 6. The second-order valence-electron chi connectivity index (χ2n) is 12.0. The lowest BCUT2D eigenvalue weighted by molar-refractivity contribution is 0.660. The molecule has 1 heteroatoms. The molecule has 1 aliphatic carbocycles. The lowest BCUT2D eigenvalue weighted by atomic mass is 9.81. The van der Waals surface area contributed by atoms with Crippen molar-refractivity contribution in [3.05, 3.63) is 163 Å². The number of hydrogen-bond donors (Lipinski definition) is 0. The highest BCUT2D eigenvalue weighted by Crippen LogP contribution is 2.49. The lowest BCUT2D eigenvalue weighted by Crippen LogP contribution is -2.14. The highest BCUT2D eigenvalue weighted by molar-refractivity contribution is 6.09. The lowest BCUT2D eigenvalue weighted by Gasteiger charge is -2.25. The number of para-hydroxylation sites is 1. The maximum absolute atomic E-state index is 4.28. The highest BCUT2D eigenvalue weighted by atomic mass is 15.1. The SMILES string of the molecule is C=C1/C=C\C=C/N(c2ccc3c(ccc4cc(-c5ccc6c(c5)C(C)(C)c5ccccc5-6)ccc43)c2)c2ccccc21. The molecule has 0 N–H and O–H groups in total. The summed E-state index contributed by atoms with van der Waals surface area (Å²) in [6, 6.07) is 42.5. The third-order valence-corrected chi connectivity index (χ3v) is 9.17. The molecule has 0 spiro atoms. The molecule has 6 aromatic rings. The normalized spacial score (nSPS) is 16.4. The average Bonchev–Trinajstić information content (AvgIpc) is 3.25. The van der Waals surface area contributed by atoms with E-state index < -0.39 is 0 Å². The van der Waals surface area contributed by atoms with E-state index in [9.17, 15) is 0 Å². The zero-order valence-electron chi connectivity index (χ0n) is 23.9. The first-order valence-corrected chi connectivity index (χ1v) is 14.6. The molecule has 0 atom stereocenters. The van der Waals surface area contributed by atoms with Gasteiger partial charge in [-0.15, -0.1) is 0 Å². The summed E-state index contributed by atoms with van der Waals surface area (Å²) >= 11 is 0. The van der Waals surface area contributed by atoms with Gasteiger partial charge in [0.1, 0.15) is 0 Å². The Kier molecular flexibility index (Phi) is 5.39. The fraction of sp³-hybridized carbons (Fsp3) is 0.0732. The van der Waals surface area contributed by atoms with E-state index in [-0.39, 0.29) is 5.41 Å². The highest BCUT2D eigenvalue weighted by Gasteiger charge is 2.35. The van der Waals surface area contributed by atoms with Crippen LogP contribution in [0.2, 0.25) is 0 Å². The second-order valence-corrected chi connectivity index (χ2v) is 12.0. The molecule has 1 nitrogen and oxygen atoms in total. The molecule has 200 valence electrons. The molecule has 1 heterocycles. The summed E-state index contributed by atoms with van der Waals surface area (Å²) in [6.45, 7) is 8.97. The largest absolute Gasteiger partial charge is 0.317 e. The van der Waals surface area contributed by atoms with E-state index in [0.717, 1.165) is 22.5 Å². The standard InChI is InChI=1S/C41H31N/c1-27-10-8-9-23-42(40-14-7-5-11-33(27)40)32-19-22-35-31(25-32)16-15-30-24-28(17-20-34(30)35)29-18-21-37-36-12-4-6-13-38(36)41(2,3)39(37)26-29/h4-26H,1H2,2-3H3/b10-8-,23-9-. The van der Waals surface area contributed by atoms with Crippen LogP contribution in [0.3, 0.4) is 0 Å². The van der Waals surface area contributed by atoms with Crippen molar-refractivity contribution < 1.29 is 0 Å². The van der Waals surface area contributed by atoms with Gasteiger partial charge in [-0.2, -0.15) is 0 Å². The molecule has 0 radical (unpaired) electrons. The molecule has 8 rings (SSSR count). The van der Waals surface area contributed by atoms with Crippen LogP contribution >= 0.6 is 0 Å². The second kappa shape index (κ2) is 9.19. The minimum atomic E-state index is -0.00156. The van der Waals surface area contributed by atoms with E-state index in [0.29, 0.717) is 0 Å². The van der Waals surface area contributed by atoms with E-state index in [1.807, 2.05) is 0 Å². The number of fused-ring (bicyclic) bond motifs is 7. The Balaban J connectivity index is 1.19. The molecule has 0 fully saturated rings. The predicted molar refractivity (Wildman–Crippen MR) is 180 cm³/mol. The van der Waals surface area contributed by atoms with E-state index in [2.05, 4.69) is 165 Å². The van der Waals surface area contributed by atoms with Gasteiger partial charge in [-0.1, -0.05) is 118 Å². The molecule has 6 aromatic carbocycles. The number of rotatable bonds is 2. The zero-order chi connectivity index (χ0) is 28.4. The smallest absolute Gasteiger partial charge is 0.0533 e. The molecular formula is C41H31N. The van der Waals surface area contributed by atoms with Crippen LogP contribution in [-0.4, -0.2) is 0 Å². The summed E-state index contributed by atoms with van der Waals surface area (Å²) in [7, 11) is 0. The molecule has 1 aliphatic heterocycles. The third kappa shape index (κ3) is 3.71.